The van der Waals surface area contributed by atoms with Crippen molar-refractivity contribution in [3.63, 3.8) is 0 Å². The Balaban J connectivity index is 2.33. The van der Waals surface area contributed by atoms with Gasteiger partial charge in [0.15, 0.2) is 0 Å². The number of fused-ring (bicyclic) bond motifs is 1. The third-order valence-electron chi connectivity index (χ3n) is 4.74. The highest BCUT2D eigenvalue weighted by molar-refractivity contribution is 6.31. The number of aromatic nitrogens is 1. The predicted octanol–water partition coefficient (Wildman–Crippen LogP) is 4.59. The Morgan fingerprint density at radius 3 is 2.63 bits per heavy atom. The molecule has 0 aliphatic carbocycles. The summed E-state index contributed by atoms with van der Waals surface area (Å²) in [6.45, 7) is 4.42. The smallest absolute Gasteiger partial charge is 0.248 e. The number of primary amides is 1. The van der Waals surface area contributed by atoms with Crippen LogP contribution in [0, 0.1) is 0 Å². The summed E-state index contributed by atoms with van der Waals surface area (Å²) in [6, 6.07) is 13.0. The van der Waals surface area contributed by atoms with Gasteiger partial charge >= 0.3 is 0 Å². The Morgan fingerprint density at radius 2 is 2.00 bits per heavy atom. The third-order valence-corrected chi connectivity index (χ3v) is 5.11. The average molecular weight is 384 g/mol. The molecule has 0 atom stereocenters. The van der Waals surface area contributed by atoms with Crippen molar-refractivity contribution in [2.24, 2.45) is 10.9 Å². The average Bonchev–Trinajstić information content (AvgIpc) is 2.96. The Kier molecular flexibility index (Phi) is 5.51. The SMILES string of the molecule is CCCc1c(/C(C)=N/O)c2ccc(C(N)=O)cc2n1Cc1ccccc1Cl. The molecule has 0 aliphatic heterocycles. The van der Waals surface area contributed by atoms with E-state index in [2.05, 4.69) is 16.6 Å². The minimum absolute atomic E-state index is 0.439. The number of hydrogen-bond donors (Lipinski definition) is 2. The fourth-order valence-corrected chi connectivity index (χ4v) is 3.68. The van der Waals surface area contributed by atoms with Gasteiger partial charge in [-0.3, -0.25) is 4.79 Å². The zero-order valence-corrected chi connectivity index (χ0v) is 16.1. The summed E-state index contributed by atoms with van der Waals surface area (Å²) >= 11 is 6.38. The molecular weight excluding hydrogens is 362 g/mol. The number of amides is 1. The molecule has 0 bridgehead atoms. The summed E-state index contributed by atoms with van der Waals surface area (Å²) in [5.41, 5.74) is 10.2. The first-order chi connectivity index (χ1) is 13.0. The number of hydrogen-bond acceptors (Lipinski definition) is 3. The quantitative estimate of drug-likeness (QED) is 0.370. The summed E-state index contributed by atoms with van der Waals surface area (Å²) in [6.07, 6.45) is 1.72. The second kappa shape index (κ2) is 7.84. The standard InChI is InChI=1S/C21H22ClN3O2/c1-3-6-18-20(13(2)24-27)16-10-9-14(21(23)26)11-19(16)25(18)12-15-7-4-5-8-17(15)22/h4-5,7-11,27H,3,6,12H2,1-2H3,(H2,23,26)/b24-13+. The predicted molar refractivity (Wildman–Crippen MR) is 109 cm³/mol. The van der Waals surface area contributed by atoms with Crippen molar-refractivity contribution in [3.05, 3.63) is 69.9 Å². The number of carbonyl (C=O) groups excluding carboxylic acids is 1. The van der Waals surface area contributed by atoms with Crippen LogP contribution in [0.15, 0.2) is 47.6 Å². The molecule has 0 radical (unpaired) electrons. The van der Waals surface area contributed by atoms with Crippen LogP contribution in [0.2, 0.25) is 5.02 Å². The molecule has 5 nitrogen and oxygen atoms in total. The maximum Gasteiger partial charge on any atom is 0.248 e. The van der Waals surface area contributed by atoms with E-state index in [4.69, 9.17) is 17.3 Å². The zero-order chi connectivity index (χ0) is 19.6. The Bertz CT molecular complexity index is 1040. The van der Waals surface area contributed by atoms with E-state index in [1.165, 1.54) is 0 Å². The highest BCUT2D eigenvalue weighted by Gasteiger charge is 2.20. The van der Waals surface area contributed by atoms with Crippen LogP contribution in [-0.4, -0.2) is 21.4 Å². The van der Waals surface area contributed by atoms with E-state index in [0.29, 0.717) is 22.8 Å². The topological polar surface area (TPSA) is 80.6 Å². The molecule has 0 aliphatic rings. The van der Waals surface area contributed by atoms with Crippen LogP contribution in [0.25, 0.3) is 10.9 Å². The first-order valence-corrected chi connectivity index (χ1v) is 9.23. The van der Waals surface area contributed by atoms with Crippen molar-refractivity contribution >= 4 is 34.1 Å². The fraction of sp³-hybridized carbons (Fsp3) is 0.238. The zero-order valence-electron chi connectivity index (χ0n) is 15.4. The van der Waals surface area contributed by atoms with Crippen LogP contribution >= 0.6 is 11.6 Å². The van der Waals surface area contributed by atoms with Crippen molar-refractivity contribution < 1.29 is 10.0 Å². The van der Waals surface area contributed by atoms with E-state index >= 15 is 0 Å². The fourth-order valence-electron chi connectivity index (χ4n) is 3.48. The van der Waals surface area contributed by atoms with Crippen LogP contribution in [0.4, 0.5) is 0 Å². The molecule has 2 aromatic carbocycles. The van der Waals surface area contributed by atoms with Gasteiger partial charge in [-0.15, -0.1) is 0 Å². The lowest BCUT2D eigenvalue weighted by Gasteiger charge is -2.13. The Hall–Kier alpha value is -2.79. The minimum Gasteiger partial charge on any atom is -0.411 e. The molecule has 1 heterocycles. The molecule has 0 saturated carbocycles. The van der Waals surface area contributed by atoms with Gasteiger partial charge in [-0.05, 0) is 37.1 Å². The monoisotopic (exact) mass is 383 g/mol. The van der Waals surface area contributed by atoms with E-state index < -0.39 is 5.91 Å². The summed E-state index contributed by atoms with van der Waals surface area (Å²) in [5.74, 6) is -0.478. The van der Waals surface area contributed by atoms with Crippen molar-refractivity contribution in [2.45, 2.75) is 33.2 Å². The van der Waals surface area contributed by atoms with Crippen LogP contribution in [0.5, 0.6) is 0 Å². The first kappa shape index (κ1) is 19.0. The number of rotatable bonds is 6. The number of benzene rings is 2. The molecule has 3 aromatic rings. The van der Waals surface area contributed by atoms with E-state index in [9.17, 15) is 10.0 Å². The Labute approximate surface area is 163 Å². The molecule has 140 valence electrons. The molecule has 1 aromatic heterocycles. The van der Waals surface area contributed by atoms with E-state index in [1.54, 1.807) is 19.1 Å². The van der Waals surface area contributed by atoms with Crippen LogP contribution in [-0.2, 0) is 13.0 Å². The summed E-state index contributed by atoms with van der Waals surface area (Å²) in [7, 11) is 0. The number of nitrogens with zero attached hydrogens (tertiary/aromatic N) is 2. The van der Waals surface area contributed by atoms with Crippen molar-refractivity contribution in [1.82, 2.24) is 4.57 Å². The lowest BCUT2D eigenvalue weighted by Crippen LogP contribution is -2.11. The molecule has 0 unspecified atom stereocenters. The molecule has 0 saturated heterocycles. The first-order valence-electron chi connectivity index (χ1n) is 8.85. The molecule has 1 amide bonds. The lowest BCUT2D eigenvalue weighted by atomic mass is 10.0. The molecule has 27 heavy (non-hydrogen) atoms. The van der Waals surface area contributed by atoms with E-state index in [1.807, 2.05) is 30.3 Å². The number of carbonyl (C=O) groups is 1. The molecule has 0 spiro atoms. The lowest BCUT2D eigenvalue weighted by molar-refractivity contribution is 0.100. The van der Waals surface area contributed by atoms with Crippen molar-refractivity contribution in [1.29, 1.82) is 0 Å². The van der Waals surface area contributed by atoms with Gasteiger partial charge in [0.1, 0.15) is 0 Å². The van der Waals surface area contributed by atoms with Crippen LogP contribution in [0.3, 0.4) is 0 Å². The molecule has 3 rings (SSSR count). The number of halogens is 1. The van der Waals surface area contributed by atoms with E-state index in [0.717, 1.165) is 40.6 Å². The van der Waals surface area contributed by atoms with Crippen molar-refractivity contribution in [2.75, 3.05) is 0 Å². The van der Waals surface area contributed by atoms with Gasteiger partial charge in [-0.1, -0.05) is 54.4 Å². The van der Waals surface area contributed by atoms with E-state index in [-0.39, 0.29) is 0 Å². The maximum atomic E-state index is 11.7. The van der Waals surface area contributed by atoms with Gasteiger partial charge in [-0.25, -0.2) is 0 Å². The molecular formula is C21H22ClN3O2. The summed E-state index contributed by atoms with van der Waals surface area (Å²) in [5, 5.41) is 14.4. The summed E-state index contributed by atoms with van der Waals surface area (Å²) < 4.78 is 2.14. The third kappa shape index (κ3) is 3.55. The molecule has 3 N–H and O–H groups in total. The minimum atomic E-state index is -0.478. The Morgan fingerprint density at radius 1 is 1.26 bits per heavy atom. The number of nitrogens with two attached hydrogens (primary N) is 1. The van der Waals surface area contributed by atoms with Gasteiger partial charge in [0.2, 0.25) is 5.91 Å². The van der Waals surface area contributed by atoms with Gasteiger partial charge in [0.05, 0.1) is 11.2 Å². The molecule has 0 fully saturated rings. The number of oxime groups is 1. The van der Waals surface area contributed by atoms with Gasteiger partial charge in [-0.2, -0.15) is 0 Å². The maximum absolute atomic E-state index is 11.7. The van der Waals surface area contributed by atoms with Gasteiger partial charge in [0.25, 0.3) is 0 Å². The largest absolute Gasteiger partial charge is 0.411 e. The second-order valence-corrected chi connectivity index (χ2v) is 6.94. The summed E-state index contributed by atoms with van der Waals surface area (Å²) in [4.78, 5) is 11.7. The molecule has 6 heteroatoms. The van der Waals surface area contributed by atoms with Crippen molar-refractivity contribution in [3.8, 4) is 0 Å². The normalized spacial score (nSPS) is 11.9. The van der Waals surface area contributed by atoms with Gasteiger partial charge in [0, 0.05) is 33.8 Å². The second-order valence-electron chi connectivity index (χ2n) is 6.53. The highest BCUT2D eigenvalue weighted by Crippen LogP contribution is 2.31. The van der Waals surface area contributed by atoms with Crippen LogP contribution < -0.4 is 5.73 Å². The van der Waals surface area contributed by atoms with Crippen LogP contribution in [0.1, 0.15) is 47.4 Å². The van der Waals surface area contributed by atoms with Gasteiger partial charge < -0.3 is 15.5 Å². The highest BCUT2D eigenvalue weighted by atomic mass is 35.5.